The second kappa shape index (κ2) is 6.98. The standard InChI is InChI=1S/C18H26N4O3S/c1-12-8-17(2,3)11-18(9-12)15(24)22(16(25)21-18)10-13(23)19-5-4-14-20-6-7-26-14/h6-7,12H,4-5,8-11H2,1-3H3,(H,19,23)(H,21,25). The van der Waals surface area contributed by atoms with Crippen LogP contribution < -0.4 is 10.6 Å². The number of carbonyl (C=O) groups is 3. The van der Waals surface area contributed by atoms with Crippen LogP contribution >= 0.6 is 11.3 Å². The topological polar surface area (TPSA) is 91.4 Å². The number of imide groups is 1. The molecule has 2 aliphatic rings. The molecule has 1 saturated heterocycles. The molecule has 4 amide bonds. The summed E-state index contributed by atoms with van der Waals surface area (Å²) in [5, 5.41) is 8.47. The van der Waals surface area contributed by atoms with Gasteiger partial charge in [0.15, 0.2) is 0 Å². The van der Waals surface area contributed by atoms with E-state index < -0.39 is 11.6 Å². The Balaban J connectivity index is 1.59. The van der Waals surface area contributed by atoms with E-state index in [0.29, 0.717) is 31.7 Å². The minimum Gasteiger partial charge on any atom is -0.354 e. The van der Waals surface area contributed by atoms with E-state index in [1.807, 2.05) is 5.38 Å². The van der Waals surface area contributed by atoms with Crippen LogP contribution in [0.3, 0.4) is 0 Å². The normalized spacial score (nSPS) is 27.7. The summed E-state index contributed by atoms with van der Waals surface area (Å²) in [4.78, 5) is 42.8. The first kappa shape index (κ1) is 18.8. The van der Waals surface area contributed by atoms with Gasteiger partial charge in [-0.25, -0.2) is 9.78 Å². The zero-order valence-corrected chi connectivity index (χ0v) is 16.3. The van der Waals surface area contributed by atoms with E-state index in [1.54, 1.807) is 6.20 Å². The molecular formula is C18H26N4O3S. The van der Waals surface area contributed by atoms with Gasteiger partial charge in [0.25, 0.3) is 5.91 Å². The lowest BCUT2D eigenvalue weighted by atomic mass is 9.64. The van der Waals surface area contributed by atoms with Crippen molar-refractivity contribution in [3.05, 3.63) is 16.6 Å². The number of hydrogen-bond donors (Lipinski definition) is 2. The molecule has 1 aromatic heterocycles. The number of urea groups is 1. The lowest BCUT2D eigenvalue weighted by Crippen LogP contribution is -2.54. The van der Waals surface area contributed by atoms with Crippen LogP contribution in [-0.4, -0.2) is 46.4 Å². The fourth-order valence-corrected chi connectivity index (χ4v) is 5.15. The fraction of sp³-hybridized carbons (Fsp3) is 0.667. The maximum absolute atomic E-state index is 13.0. The van der Waals surface area contributed by atoms with Crippen molar-refractivity contribution in [3.63, 3.8) is 0 Å². The van der Waals surface area contributed by atoms with Crippen molar-refractivity contribution in [1.82, 2.24) is 20.5 Å². The number of amides is 4. The summed E-state index contributed by atoms with van der Waals surface area (Å²) in [6.45, 7) is 6.55. The highest BCUT2D eigenvalue weighted by atomic mass is 32.1. The van der Waals surface area contributed by atoms with Crippen LogP contribution in [0.4, 0.5) is 4.79 Å². The highest BCUT2D eigenvalue weighted by Gasteiger charge is 2.56. The number of carbonyl (C=O) groups excluding carboxylic acids is 3. The highest BCUT2D eigenvalue weighted by Crippen LogP contribution is 2.46. The van der Waals surface area contributed by atoms with Gasteiger partial charge in [-0.3, -0.25) is 14.5 Å². The van der Waals surface area contributed by atoms with E-state index >= 15 is 0 Å². The summed E-state index contributed by atoms with van der Waals surface area (Å²) in [5.74, 6) is -0.252. The molecule has 8 heteroatoms. The number of rotatable bonds is 5. The van der Waals surface area contributed by atoms with E-state index in [1.165, 1.54) is 11.3 Å². The van der Waals surface area contributed by atoms with E-state index in [2.05, 4.69) is 36.4 Å². The Morgan fingerprint density at radius 1 is 1.42 bits per heavy atom. The van der Waals surface area contributed by atoms with E-state index in [4.69, 9.17) is 0 Å². The summed E-state index contributed by atoms with van der Waals surface area (Å²) in [5.41, 5.74) is -0.883. The molecule has 2 heterocycles. The first-order valence-corrected chi connectivity index (χ1v) is 9.88. The predicted molar refractivity (Wildman–Crippen MR) is 98.6 cm³/mol. The second-order valence-corrected chi connectivity index (χ2v) is 9.26. The average Bonchev–Trinajstić information content (AvgIpc) is 3.09. The summed E-state index contributed by atoms with van der Waals surface area (Å²) < 4.78 is 0. The van der Waals surface area contributed by atoms with Crippen LogP contribution in [0.15, 0.2) is 11.6 Å². The SMILES string of the molecule is CC1CC(C)(C)CC2(C1)NC(=O)N(CC(=O)NCCc1nccs1)C2=O. The first-order chi connectivity index (χ1) is 12.2. The van der Waals surface area contributed by atoms with Crippen molar-refractivity contribution in [2.24, 2.45) is 11.3 Å². The van der Waals surface area contributed by atoms with Gasteiger partial charge in [-0.1, -0.05) is 20.8 Å². The molecule has 1 aliphatic heterocycles. The number of thiazole rings is 1. The van der Waals surface area contributed by atoms with Crippen molar-refractivity contribution in [3.8, 4) is 0 Å². The predicted octanol–water partition coefficient (Wildman–Crippen LogP) is 1.94. The molecule has 1 aromatic rings. The third-order valence-electron chi connectivity index (χ3n) is 5.07. The molecule has 1 spiro atoms. The molecule has 3 rings (SSSR count). The molecule has 1 saturated carbocycles. The lowest BCUT2D eigenvalue weighted by Gasteiger charge is -2.43. The van der Waals surface area contributed by atoms with E-state index in [0.717, 1.165) is 16.3 Å². The highest BCUT2D eigenvalue weighted by molar-refractivity contribution is 7.09. The molecular weight excluding hydrogens is 352 g/mol. The van der Waals surface area contributed by atoms with Gasteiger partial charge in [-0.15, -0.1) is 11.3 Å². The molecule has 2 unspecified atom stereocenters. The van der Waals surface area contributed by atoms with Gasteiger partial charge in [0.2, 0.25) is 5.91 Å². The van der Waals surface area contributed by atoms with Gasteiger partial charge in [0.05, 0.1) is 5.01 Å². The quantitative estimate of drug-likeness (QED) is 0.766. The molecule has 2 fully saturated rings. The van der Waals surface area contributed by atoms with Gasteiger partial charge in [0.1, 0.15) is 12.1 Å². The largest absolute Gasteiger partial charge is 0.354 e. The van der Waals surface area contributed by atoms with E-state index in [9.17, 15) is 14.4 Å². The lowest BCUT2D eigenvalue weighted by molar-refractivity contribution is -0.137. The summed E-state index contributed by atoms with van der Waals surface area (Å²) in [7, 11) is 0. The van der Waals surface area contributed by atoms with Crippen molar-refractivity contribution in [2.75, 3.05) is 13.1 Å². The molecule has 2 N–H and O–H groups in total. The molecule has 1 aliphatic carbocycles. The van der Waals surface area contributed by atoms with Crippen molar-refractivity contribution in [2.45, 2.75) is 52.0 Å². The van der Waals surface area contributed by atoms with Crippen LogP contribution in [0.2, 0.25) is 0 Å². The Labute approximate surface area is 157 Å². The zero-order chi connectivity index (χ0) is 18.9. The smallest absolute Gasteiger partial charge is 0.325 e. The molecule has 142 valence electrons. The maximum atomic E-state index is 13.0. The molecule has 0 radical (unpaired) electrons. The number of aromatic nitrogens is 1. The van der Waals surface area contributed by atoms with Crippen molar-refractivity contribution in [1.29, 1.82) is 0 Å². The summed E-state index contributed by atoms with van der Waals surface area (Å²) >= 11 is 1.53. The summed E-state index contributed by atoms with van der Waals surface area (Å²) in [6, 6.07) is -0.463. The number of nitrogens with one attached hydrogen (secondary N) is 2. The van der Waals surface area contributed by atoms with Crippen molar-refractivity contribution >= 4 is 29.2 Å². The zero-order valence-electron chi connectivity index (χ0n) is 15.5. The van der Waals surface area contributed by atoms with Crippen LogP contribution in [-0.2, 0) is 16.0 Å². The molecule has 7 nitrogen and oxygen atoms in total. The third kappa shape index (κ3) is 3.90. The Morgan fingerprint density at radius 2 is 2.19 bits per heavy atom. The van der Waals surface area contributed by atoms with Gasteiger partial charge in [0, 0.05) is 24.5 Å². The Bertz CT molecular complexity index is 703. The molecule has 0 aromatic carbocycles. The van der Waals surface area contributed by atoms with Crippen LogP contribution in [0.5, 0.6) is 0 Å². The van der Waals surface area contributed by atoms with Gasteiger partial charge in [-0.05, 0) is 30.6 Å². The minimum absolute atomic E-state index is 0.0212. The average molecular weight is 378 g/mol. The molecule has 26 heavy (non-hydrogen) atoms. The van der Waals surface area contributed by atoms with Crippen molar-refractivity contribution < 1.29 is 14.4 Å². The van der Waals surface area contributed by atoms with Gasteiger partial charge < -0.3 is 10.6 Å². The third-order valence-corrected chi connectivity index (χ3v) is 5.91. The van der Waals surface area contributed by atoms with Crippen LogP contribution in [0, 0.1) is 11.3 Å². The Kier molecular flexibility index (Phi) is 5.05. The van der Waals surface area contributed by atoms with E-state index in [-0.39, 0.29) is 23.8 Å². The fourth-order valence-electron chi connectivity index (χ4n) is 4.53. The number of hydrogen-bond acceptors (Lipinski definition) is 5. The van der Waals surface area contributed by atoms with Crippen LogP contribution in [0.25, 0.3) is 0 Å². The first-order valence-electron chi connectivity index (χ1n) is 9.00. The van der Waals surface area contributed by atoms with Gasteiger partial charge >= 0.3 is 6.03 Å². The van der Waals surface area contributed by atoms with Gasteiger partial charge in [-0.2, -0.15) is 0 Å². The second-order valence-electron chi connectivity index (χ2n) is 8.28. The molecule has 2 atom stereocenters. The minimum atomic E-state index is -0.862. The monoisotopic (exact) mass is 378 g/mol. The maximum Gasteiger partial charge on any atom is 0.325 e. The molecule has 0 bridgehead atoms. The Hall–Kier alpha value is -1.96. The number of nitrogens with zero attached hydrogens (tertiary/aromatic N) is 2. The Morgan fingerprint density at radius 3 is 2.85 bits per heavy atom. The summed E-state index contributed by atoms with van der Waals surface area (Å²) in [6.07, 6.45) is 4.62. The van der Waals surface area contributed by atoms with Crippen LogP contribution in [0.1, 0.15) is 45.0 Å².